The van der Waals surface area contributed by atoms with Crippen molar-refractivity contribution >= 4 is 45.8 Å². The van der Waals surface area contributed by atoms with Gasteiger partial charge in [-0.05, 0) is 75.7 Å². The molecule has 2 aromatic heterocycles. The number of halogens is 1. The van der Waals surface area contributed by atoms with E-state index in [-0.39, 0.29) is 6.09 Å². The maximum absolute atomic E-state index is 12.5. The highest BCUT2D eigenvalue weighted by Gasteiger charge is 2.26. The number of amides is 1. The van der Waals surface area contributed by atoms with Crippen LogP contribution >= 0.6 is 0 Å². The maximum atomic E-state index is 12.5. The van der Waals surface area contributed by atoms with Crippen molar-refractivity contribution in [2.75, 3.05) is 55.9 Å². The first-order chi connectivity index (χ1) is 21.1. The summed E-state index contributed by atoms with van der Waals surface area (Å²) in [6, 6.07) is 15.0. The number of aromatic nitrogens is 3. The third kappa shape index (κ3) is 7.65. The summed E-state index contributed by atoms with van der Waals surface area (Å²) in [5.41, 5.74) is 11.2. The second-order valence-electron chi connectivity index (χ2n) is 11.0. The van der Waals surface area contributed by atoms with E-state index >= 15 is 0 Å². The number of carbonyl (C=O) groups excluding carboxylic acids is 1. The molecule has 4 aromatic rings. The lowest BCUT2D eigenvalue weighted by atomic mass is 10.2. The number of nitrogens with one attached hydrogen (secondary N) is 3. The highest BCUT2D eigenvalue weighted by atomic mass is 19.1. The summed E-state index contributed by atoms with van der Waals surface area (Å²) >= 11 is 0. The molecule has 1 aliphatic heterocycles. The van der Waals surface area contributed by atoms with Gasteiger partial charge in [0.05, 0.1) is 18.4 Å². The van der Waals surface area contributed by atoms with Gasteiger partial charge in [0.2, 0.25) is 0 Å². The van der Waals surface area contributed by atoms with Gasteiger partial charge in [-0.2, -0.15) is 5.11 Å². The van der Waals surface area contributed by atoms with Crippen molar-refractivity contribution < 1.29 is 18.7 Å². The minimum atomic E-state index is -0.523. The van der Waals surface area contributed by atoms with Crippen molar-refractivity contribution in [3.05, 3.63) is 60.4 Å². The largest absolute Gasteiger partial charge is 0.457 e. The molecule has 0 atom stereocenters. The van der Waals surface area contributed by atoms with Crippen LogP contribution in [0.3, 0.4) is 0 Å². The lowest BCUT2D eigenvalue weighted by molar-refractivity contribution is 0.0240. The first kappa shape index (κ1) is 31.9. The van der Waals surface area contributed by atoms with Crippen LogP contribution in [-0.4, -0.2) is 72.0 Å². The summed E-state index contributed by atoms with van der Waals surface area (Å²) in [4.78, 5) is 30.1. The first-order valence-corrected chi connectivity index (χ1v) is 14.1. The molecule has 0 bridgehead atoms. The fourth-order valence-electron chi connectivity index (χ4n) is 4.63. The molecule has 1 saturated heterocycles. The summed E-state index contributed by atoms with van der Waals surface area (Å²) in [5.74, 6) is 2.67. The number of carbonyl (C=O) groups is 1. The van der Waals surface area contributed by atoms with E-state index in [1.807, 2.05) is 70.2 Å². The smallest absolute Gasteiger partial charge is 0.410 e. The van der Waals surface area contributed by atoms with Gasteiger partial charge >= 0.3 is 6.09 Å². The van der Waals surface area contributed by atoms with Crippen LogP contribution < -0.4 is 20.3 Å². The fourth-order valence-corrected chi connectivity index (χ4v) is 4.63. The van der Waals surface area contributed by atoms with Gasteiger partial charge in [0.1, 0.15) is 40.4 Å². The van der Waals surface area contributed by atoms with E-state index in [0.717, 1.165) is 28.3 Å². The van der Waals surface area contributed by atoms with Crippen molar-refractivity contribution in [3.63, 3.8) is 0 Å². The Balaban J connectivity index is 0.00000216. The molecule has 5 rings (SSSR count). The Morgan fingerprint density at radius 1 is 1.02 bits per heavy atom. The van der Waals surface area contributed by atoms with Crippen molar-refractivity contribution in [1.82, 2.24) is 19.9 Å². The average Bonchev–Trinajstić information content (AvgIpc) is 3.02. The van der Waals surface area contributed by atoms with Crippen molar-refractivity contribution in [2.24, 2.45) is 5.11 Å². The normalized spacial score (nSPS) is 13.1. The Labute approximate surface area is 256 Å². The minimum absolute atomic E-state index is 0.292. The molecular formula is C31H38FN9O3. The highest BCUT2D eigenvalue weighted by molar-refractivity contribution is 5.88. The van der Waals surface area contributed by atoms with Gasteiger partial charge in [-0.25, -0.2) is 25.3 Å². The predicted molar refractivity (Wildman–Crippen MR) is 170 cm³/mol. The lowest BCUT2D eigenvalue weighted by Crippen LogP contribution is -2.50. The Bertz CT molecular complexity index is 1620. The molecule has 3 N–H and O–H groups in total. The number of aryl methyl sites for hydroxylation is 1. The van der Waals surface area contributed by atoms with Crippen LogP contribution in [0.1, 0.15) is 26.3 Å². The highest BCUT2D eigenvalue weighted by Crippen LogP contribution is 2.34. The van der Waals surface area contributed by atoms with Crippen LogP contribution in [0.5, 0.6) is 11.5 Å². The van der Waals surface area contributed by atoms with E-state index in [0.29, 0.717) is 61.9 Å². The molecule has 0 saturated carbocycles. The first-order valence-electron chi connectivity index (χ1n) is 14.1. The number of fused-ring (bicyclic) bond motifs is 1. The van der Waals surface area contributed by atoms with Gasteiger partial charge in [-0.3, -0.25) is 4.39 Å². The maximum Gasteiger partial charge on any atom is 0.410 e. The fraction of sp³-hybridized carbons (Fsp3) is 0.355. The molecule has 3 heterocycles. The summed E-state index contributed by atoms with van der Waals surface area (Å²) in [7, 11) is 2.28. The second-order valence-corrected chi connectivity index (χ2v) is 11.0. The zero-order valence-electron chi connectivity index (χ0n) is 25.8. The standard InChI is InChI=1S/C30H35N9O3.CH3F/c1-19-16-20(6-10-25(19)41-21-7-8-22(32-5)24(17-21)37-31)35-28-27-23(33-18-34-28)9-11-26(36-27)38-12-14-39(15-13-38)29(40)42-30(2,3)4;1-2/h6-11,16-18,31-32H,12-15H2,1-5H3,(H,33,34,35);1H3. The quantitative estimate of drug-likeness (QED) is 0.187. The monoisotopic (exact) mass is 603 g/mol. The number of hydrogen-bond donors (Lipinski definition) is 3. The molecule has 44 heavy (non-hydrogen) atoms. The molecule has 1 aliphatic rings. The van der Waals surface area contributed by atoms with E-state index in [2.05, 4.69) is 30.6 Å². The van der Waals surface area contributed by atoms with E-state index in [9.17, 15) is 9.18 Å². The molecular weight excluding hydrogens is 565 g/mol. The van der Waals surface area contributed by atoms with E-state index in [1.165, 1.54) is 6.33 Å². The van der Waals surface area contributed by atoms with Gasteiger partial charge in [0.25, 0.3) is 0 Å². The zero-order valence-corrected chi connectivity index (χ0v) is 25.8. The summed E-state index contributed by atoms with van der Waals surface area (Å²) in [6.07, 6.45) is 1.22. The number of alkyl halides is 1. The van der Waals surface area contributed by atoms with Crippen LogP contribution in [0.2, 0.25) is 0 Å². The van der Waals surface area contributed by atoms with Gasteiger partial charge in [0, 0.05) is 45.0 Å². The van der Waals surface area contributed by atoms with Gasteiger partial charge in [0.15, 0.2) is 5.82 Å². The summed E-state index contributed by atoms with van der Waals surface area (Å²) in [6.45, 7) is 9.96. The van der Waals surface area contributed by atoms with E-state index in [4.69, 9.17) is 20.0 Å². The molecule has 1 amide bonds. The lowest BCUT2D eigenvalue weighted by Gasteiger charge is -2.36. The Kier molecular flexibility index (Phi) is 10.1. The number of ether oxygens (including phenoxy) is 2. The van der Waals surface area contributed by atoms with Crippen LogP contribution in [0, 0.1) is 12.5 Å². The van der Waals surface area contributed by atoms with Crippen LogP contribution in [-0.2, 0) is 4.74 Å². The third-order valence-corrected chi connectivity index (χ3v) is 6.75. The molecule has 13 heteroatoms. The third-order valence-electron chi connectivity index (χ3n) is 6.75. The van der Waals surface area contributed by atoms with Gasteiger partial charge in [-0.15, -0.1) is 0 Å². The van der Waals surface area contributed by atoms with Crippen molar-refractivity contribution in [3.8, 4) is 11.5 Å². The summed E-state index contributed by atoms with van der Waals surface area (Å²) < 4.78 is 21.1. The number of rotatable bonds is 7. The molecule has 0 radical (unpaired) electrons. The Morgan fingerprint density at radius 3 is 2.43 bits per heavy atom. The molecule has 1 fully saturated rings. The van der Waals surface area contributed by atoms with Crippen LogP contribution in [0.15, 0.2) is 60.0 Å². The number of nitrogens with zero attached hydrogens (tertiary/aromatic N) is 6. The number of pyridine rings is 1. The second kappa shape index (κ2) is 13.9. The Morgan fingerprint density at radius 2 is 1.77 bits per heavy atom. The Hall–Kier alpha value is -5.07. The topological polar surface area (TPSA) is 141 Å². The SMILES string of the molecule is CF.CNc1ccc(Oc2ccc(Nc3ncnc4ccc(N5CCN(C(=O)OC(C)(C)C)CC5)nc34)cc2C)cc1N=N. The number of hydrogen-bond acceptors (Lipinski definition) is 11. The zero-order chi connectivity index (χ0) is 31.9. The van der Waals surface area contributed by atoms with Crippen LogP contribution in [0.25, 0.3) is 11.0 Å². The predicted octanol–water partition coefficient (Wildman–Crippen LogP) is 7.22. The average molecular weight is 604 g/mol. The number of anilines is 4. The van der Waals surface area contributed by atoms with Crippen molar-refractivity contribution in [1.29, 1.82) is 5.53 Å². The summed E-state index contributed by atoms with van der Waals surface area (Å²) in [5, 5.41) is 9.96. The van der Waals surface area contributed by atoms with Gasteiger partial charge in [-0.1, -0.05) is 0 Å². The molecule has 12 nitrogen and oxygen atoms in total. The number of piperazine rings is 1. The molecule has 0 unspecified atom stereocenters. The van der Waals surface area contributed by atoms with Crippen molar-refractivity contribution in [2.45, 2.75) is 33.3 Å². The molecule has 2 aromatic carbocycles. The molecule has 232 valence electrons. The van der Waals surface area contributed by atoms with Gasteiger partial charge < -0.3 is 29.9 Å². The van der Waals surface area contributed by atoms with E-state index in [1.54, 1.807) is 18.0 Å². The van der Waals surface area contributed by atoms with E-state index < -0.39 is 5.60 Å². The molecule has 0 spiro atoms. The minimum Gasteiger partial charge on any atom is -0.457 e. The number of benzene rings is 2. The molecule has 0 aliphatic carbocycles. The van der Waals surface area contributed by atoms with Crippen LogP contribution in [0.4, 0.5) is 37.9 Å².